The highest BCUT2D eigenvalue weighted by Crippen LogP contribution is 2.22. The van der Waals surface area contributed by atoms with Crippen LogP contribution < -0.4 is 10.5 Å². The molecular weight excluding hydrogens is 236 g/mol. The number of rotatable bonds is 8. The number of nitrogens with two attached hydrogens (primary N) is 1. The largest absolute Gasteiger partial charge is 0.494 e. The maximum atomic E-state index is 6.03. The molecule has 0 saturated carbocycles. The Morgan fingerprint density at radius 3 is 2.42 bits per heavy atom. The lowest BCUT2D eigenvalue weighted by molar-refractivity contribution is 0.124. The lowest BCUT2D eigenvalue weighted by atomic mass is 9.90. The fourth-order valence-electron chi connectivity index (χ4n) is 2.65. The predicted molar refractivity (Wildman–Crippen MR) is 81.7 cm³/mol. The van der Waals surface area contributed by atoms with Crippen LogP contribution in [0.5, 0.6) is 5.75 Å². The number of ether oxygens (including phenoxy) is 1. The highest BCUT2D eigenvalue weighted by atomic mass is 16.5. The molecule has 1 unspecified atom stereocenters. The van der Waals surface area contributed by atoms with Crippen molar-refractivity contribution in [2.45, 2.75) is 39.7 Å². The minimum absolute atomic E-state index is 0.00827. The lowest BCUT2D eigenvalue weighted by Crippen LogP contribution is -2.53. The van der Waals surface area contributed by atoms with Crippen molar-refractivity contribution < 1.29 is 4.74 Å². The summed E-state index contributed by atoms with van der Waals surface area (Å²) in [6.45, 7) is 12.0. The van der Waals surface area contributed by atoms with E-state index in [0.717, 1.165) is 25.3 Å². The summed E-state index contributed by atoms with van der Waals surface area (Å²) in [6.07, 6.45) is 0.950. The molecule has 1 aromatic carbocycles. The molecule has 0 saturated heterocycles. The molecule has 3 heteroatoms. The van der Waals surface area contributed by atoms with Gasteiger partial charge in [-0.15, -0.1) is 0 Å². The number of likely N-dealkylation sites (N-methyl/N-ethyl adjacent to an activating group) is 1. The molecule has 0 bridgehead atoms. The number of nitrogens with zero attached hydrogens (tertiary/aromatic N) is 1. The first-order valence-corrected chi connectivity index (χ1v) is 7.26. The van der Waals surface area contributed by atoms with Crippen molar-refractivity contribution in [1.82, 2.24) is 4.90 Å². The van der Waals surface area contributed by atoms with Gasteiger partial charge in [0.2, 0.25) is 0 Å². The van der Waals surface area contributed by atoms with Gasteiger partial charge in [-0.1, -0.05) is 26.0 Å². The van der Waals surface area contributed by atoms with Crippen molar-refractivity contribution >= 4 is 0 Å². The maximum absolute atomic E-state index is 6.03. The highest BCUT2D eigenvalue weighted by Gasteiger charge is 2.28. The minimum atomic E-state index is 0.00827. The van der Waals surface area contributed by atoms with Crippen LogP contribution in [-0.2, 0) is 6.42 Å². The molecule has 0 amide bonds. The highest BCUT2D eigenvalue weighted by molar-refractivity contribution is 5.29. The summed E-state index contributed by atoms with van der Waals surface area (Å²) in [6, 6.07) is 8.34. The first-order chi connectivity index (χ1) is 9.09. The Hall–Kier alpha value is -1.06. The average Bonchev–Trinajstić information content (AvgIpc) is 2.41. The van der Waals surface area contributed by atoms with E-state index in [9.17, 15) is 0 Å². The standard InChI is InChI=1S/C16H28N2O/c1-5-18(6-2)16(4,13-17)12-14-9-8-10-15(11-14)19-7-3/h8-11H,5-7,12-13,17H2,1-4H3. The summed E-state index contributed by atoms with van der Waals surface area (Å²) in [7, 11) is 0. The zero-order chi connectivity index (χ0) is 14.3. The van der Waals surface area contributed by atoms with Crippen LogP contribution in [0.2, 0.25) is 0 Å². The lowest BCUT2D eigenvalue weighted by Gasteiger charge is -2.39. The zero-order valence-electron chi connectivity index (χ0n) is 12.8. The Balaban J connectivity index is 2.88. The van der Waals surface area contributed by atoms with Gasteiger partial charge in [-0.2, -0.15) is 0 Å². The van der Waals surface area contributed by atoms with E-state index in [1.807, 2.05) is 13.0 Å². The second-order valence-corrected chi connectivity index (χ2v) is 5.13. The molecule has 3 nitrogen and oxygen atoms in total. The fourth-order valence-corrected chi connectivity index (χ4v) is 2.65. The van der Waals surface area contributed by atoms with Crippen molar-refractivity contribution in [3.63, 3.8) is 0 Å². The second-order valence-electron chi connectivity index (χ2n) is 5.13. The van der Waals surface area contributed by atoms with Gasteiger partial charge in [0.05, 0.1) is 6.61 Å². The summed E-state index contributed by atoms with van der Waals surface area (Å²) >= 11 is 0. The summed E-state index contributed by atoms with van der Waals surface area (Å²) < 4.78 is 5.56. The van der Waals surface area contributed by atoms with E-state index in [0.29, 0.717) is 13.2 Å². The van der Waals surface area contributed by atoms with E-state index >= 15 is 0 Å². The van der Waals surface area contributed by atoms with Crippen LogP contribution in [-0.4, -0.2) is 36.7 Å². The number of hydrogen-bond acceptors (Lipinski definition) is 3. The third kappa shape index (κ3) is 4.22. The normalized spacial score (nSPS) is 14.4. The summed E-state index contributed by atoms with van der Waals surface area (Å²) in [5.74, 6) is 0.943. The molecule has 0 spiro atoms. The summed E-state index contributed by atoms with van der Waals surface area (Å²) in [4.78, 5) is 2.43. The van der Waals surface area contributed by atoms with E-state index in [1.165, 1.54) is 5.56 Å². The van der Waals surface area contributed by atoms with Crippen LogP contribution in [0.3, 0.4) is 0 Å². The molecule has 0 aliphatic rings. The maximum Gasteiger partial charge on any atom is 0.119 e. The van der Waals surface area contributed by atoms with Crippen LogP contribution in [0.4, 0.5) is 0 Å². The molecular formula is C16H28N2O. The molecule has 1 rings (SSSR count). The van der Waals surface area contributed by atoms with Crippen LogP contribution in [0, 0.1) is 0 Å². The molecule has 0 aliphatic carbocycles. The van der Waals surface area contributed by atoms with Gasteiger partial charge >= 0.3 is 0 Å². The van der Waals surface area contributed by atoms with Gasteiger partial charge in [0.15, 0.2) is 0 Å². The minimum Gasteiger partial charge on any atom is -0.494 e. The van der Waals surface area contributed by atoms with Crippen molar-refractivity contribution in [2.24, 2.45) is 5.73 Å². The molecule has 2 N–H and O–H groups in total. The first-order valence-electron chi connectivity index (χ1n) is 7.26. The van der Waals surface area contributed by atoms with Crippen molar-refractivity contribution in [3.05, 3.63) is 29.8 Å². The van der Waals surface area contributed by atoms with Crippen LogP contribution in [0.25, 0.3) is 0 Å². The monoisotopic (exact) mass is 264 g/mol. The van der Waals surface area contributed by atoms with Gasteiger partial charge < -0.3 is 10.5 Å². The fraction of sp³-hybridized carbons (Fsp3) is 0.625. The Kier molecular flexibility index (Phi) is 6.32. The predicted octanol–water partition coefficient (Wildman–Crippen LogP) is 2.69. The molecule has 1 atom stereocenters. The number of hydrogen-bond donors (Lipinski definition) is 1. The topological polar surface area (TPSA) is 38.5 Å². The molecule has 0 radical (unpaired) electrons. The Labute approximate surface area is 117 Å². The molecule has 0 aromatic heterocycles. The Morgan fingerprint density at radius 1 is 1.21 bits per heavy atom. The third-order valence-electron chi connectivity index (χ3n) is 3.76. The second kappa shape index (κ2) is 7.51. The van der Waals surface area contributed by atoms with E-state index in [-0.39, 0.29) is 5.54 Å². The molecule has 0 aliphatic heterocycles. The Bertz CT molecular complexity index is 377. The summed E-state index contributed by atoms with van der Waals surface area (Å²) in [5.41, 5.74) is 7.32. The van der Waals surface area contributed by atoms with Crippen molar-refractivity contribution in [3.8, 4) is 5.75 Å². The Morgan fingerprint density at radius 2 is 1.89 bits per heavy atom. The van der Waals surface area contributed by atoms with Crippen molar-refractivity contribution in [2.75, 3.05) is 26.2 Å². The smallest absolute Gasteiger partial charge is 0.119 e. The summed E-state index contributed by atoms with van der Waals surface area (Å²) in [5, 5.41) is 0. The van der Waals surface area contributed by atoms with Gasteiger partial charge in [0, 0.05) is 12.1 Å². The zero-order valence-corrected chi connectivity index (χ0v) is 12.8. The van der Waals surface area contributed by atoms with Gasteiger partial charge in [-0.3, -0.25) is 4.90 Å². The van der Waals surface area contributed by atoms with Crippen LogP contribution >= 0.6 is 0 Å². The van der Waals surface area contributed by atoms with E-state index in [2.05, 4.69) is 43.9 Å². The molecule has 19 heavy (non-hydrogen) atoms. The molecule has 0 heterocycles. The van der Waals surface area contributed by atoms with Crippen LogP contribution in [0.1, 0.15) is 33.3 Å². The SMILES string of the molecule is CCOc1cccc(CC(C)(CN)N(CC)CC)c1. The van der Waals surface area contributed by atoms with E-state index in [4.69, 9.17) is 10.5 Å². The van der Waals surface area contributed by atoms with Gasteiger partial charge in [0.1, 0.15) is 5.75 Å². The van der Waals surface area contributed by atoms with Crippen LogP contribution in [0.15, 0.2) is 24.3 Å². The average molecular weight is 264 g/mol. The molecule has 1 aromatic rings. The van der Waals surface area contributed by atoms with Gasteiger partial charge in [0.25, 0.3) is 0 Å². The number of benzene rings is 1. The van der Waals surface area contributed by atoms with E-state index < -0.39 is 0 Å². The van der Waals surface area contributed by atoms with Gasteiger partial charge in [-0.25, -0.2) is 0 Å². The molecule has 108 valence electrons. The first kappa shape index (κ1) is 16.0. The quantitative estimate of drug-likeness (QED) is 0.784. The van der Waals surface area contributed by atoms with Gasteiger partial charge in [-0.05, 0) is 51.1 Å². The molecule has 0 fully saturated rings. The van der Waals surface area contributed by atoms with E-state index in [1.54, 1.807) is 0 Å². The van der Waals surface area contributed by atoms with Crippen molar-refractivity contribution in [1.29, 1.82) is 0 Å². The third-order valence-corrected chi connectivity index (χ3v) is 3.76.